The highest BCUT2D eigenvalue weighted by molar-refractivity contribution is 8.20. The van der Waals surface area contributed by atoms with Crippen molar-refractivity contribution in [2.45, 2.75) is 4.71 Å². The second kappa shape index (κ2) is 3.93. The molecule has 0 atom stereocenters. The van der Waals surface area contributed by atoms with Crippen LogP contribution in [0.15, 0.2) is 0 Å². The first-order valence-corrected chi connectivity index (χ1v) is 5.77. The number of hydrogen-bond acceptors (Lipinski definition) is 4. The van der Waals surface area contributed by atoms with Crippen molar-refractivity contribution in [3.63, 3.8) is 0 Å². The van der Waals surface area contributed by atoms with E-state index >= 15 is 0 Å². The van der Waals surface area contributed by atoms with Crippen LogP contribution in [0, 0.1) is 0 Å². The highest BCUT2D eigenvalue weighted by atomic mass is 32.2. The SMILES string of the molecule is CSNC1SCCS1. The molecule has 1 nitrogen and oxygen atoms in total. The fourth-order valence-electron chi connectivity index (χ4n) is 0.523. The van der Waals surface area contributed by atoms with Gasteiger partial charge in [-0.1, -0.05) is 11.9 Å². The number of nitrogens with one attached hydrogen (secondary N) is 1. The van der Waals surface area contributed by atoms with Crippen molar-refractivity contribution in [2.24, 2.45) is 0 Å². The molecule has 0 spiro atoms. The number of rotatable bonds is 2. The van der Waals surface area contributed by atoms with Crippen molar-refractivity contribution in [3.05, 3.63) is 0 Å². The van der Waals surface area contributed by atoms with E-state index in [9.17, 15) is 0 Å². The molecular formula is C4H9NS3. The summed E-state index contributed by atoms with van der Waals surface area (Å²) in [4.78, 5) is 0. The molecule has 1 saturated heterocycles. The molecule has 1 heterocycles. The number of thioether (sulfide) groups is 2. The summed E-state index contributed by atoms with van der Waals surface area (Å²) in [5.41, 5.74) is 0. The van der Waals surface area contributed by atoms with Gasteiger partial charge in [-0.05, 0) is 6.26 Å². The van der Waals surface area contributed by atoms with Gasteiger partial charge in [-0.2, -0.15) is 0 Å². The molecule has 0 amide bonds. The van der Waals surface area contributed by atoms with Crippen LogP contribution in [-0.2, 0) is 0 Å². The molecule has 0 aliphatic carbocycles. The van der Waals surface area contributed by atoms with Gasteiger partial charge < -0.3 is 0 Å². The lowest BCUT2D eigenvalue weighted by molar-refractivity contribution is 1.18. The monoisotopic (exact) mass is 167 g/mol. The molecule has 1 rings (SSSR count). The van der Waals surface area contributed by atoms with E-state index in [-0.39, 0.29) is 0 Å². The summed E-state index contributed by atoms with van der Waals surface area (Å²) in [5, 5.41) is 0. The maximum Gasteiger partial charge on any atom is 0.109 e. The van der Waals surface area contributed by atoms with E-state index in [1.807, 2.05) is 23.5 Å². The summed E-state index contributed by atoms with van der Waals surface area (Å²) in [6, 6.07) is 0. The van der Waals surface area contributed by atoms with Crippen molar-refractivity contribution in [1.29, 1.82) is 0 Å². The average molecular weight is 167 g/mol. The predicted octanol–water partition coefficient (Wildman–Crippen LogP) is 1.62. The minimum Gasteiger partial charge on any atom is -0.242 e. The van der Waals surface area contributed by atoms with Gasteiger partial charge in [0.2, 0.25) is 0 Å². The molecule has 0 aromatic heterocycles. The van der Waals surface area contributed by atoms with E-state index in [0.717, 1.165) is 0 Å². The minimum atomic E-state index is 0.657. The molecule has 4 heteroatoms. The molecule has 0 unspecified atom stereocenters. The zero-order chi connectivity index (χ0) is 5.82. The van der Waals surface area contributed by atoms with E-state index < -0.39 is 0 Å². The van der Waals surface area contributed by atoms with Gasteiger partial charge in [0.05, 0.1) is 0 Å². The first kappa shape index (κ1) is 7.12. The van der Waals surface area contributed by atoms with Crippen LogP contribution in [0.25, 0.3) is 0 Å². The van der Waals surface area contributed by atoms with Crippen LogP contribution in [0.5, 0.6) is 0 Å². The zero-order valence-electron chi connectivity index (χ0n) is 4.72. The molecule has 8 heavy (non-hydrogen) atoms. The van der Waals surface area contributed by atoms with E-state index in [1.54, 1.807) is 11.9 Å². The third-order valence-corrected chi connectivity index (χ3v) is 4.40. The summed E-state index contributed by atoms with van der Waals surface area (Å²) < 4.78 is 3.94. The smallest absolute Gasteiger partial charge is 0.109 e. The van der Waals surface area contributed by atoms with Gasteiger partial charge in [0.25, 0.3) is 0 Å². The molecule has 48 valence electrons. The maximum atomic E-state index is 3.29. The predicted molar refractivity (Wildman–Crippen MR) is 45.4 cm³/mol. The molecule has 0 radical (unpaired) electrons. The van der Waals surface area contributed by atoms with Crippen molar-refractivity contribution >= 4 is 35.5 Å². The Labute approximate surface area is 62.9 Å². The zero-order valence-corrected chi connectivity index (χ0v) is 7.17. The first-order valence-electron chi connectivity index (χ1n) is 2.45. The Morgan fingerprint density at radius 2 is 2.12 bits per heavy atom. The molecule has 1 N–H and O–H groups in total. The maximum absolute atomic E-state index is 3.29. The molecule has 0 aromatic rings. The first-order chi connectivity index (χ1) is 3.93. The van der Waals surface area contributed by atoms with E-state index in [4.69, 9.17) is 0 Å². The third-order valence-electron chi connectivity index (χ3n) is 0.836. The molecular weight excluding hydrogens is 158 g/mol. The Morgan fingerprint density at radius 1 is 1.50 bits per heavy atom. The Morgan fingerprint density at radius 3 is 2.62 bits per heavy atom. The Kier molecular flexibility index (Phi) is 3.50. The molecule has 1 fully saturated rings. The quantitative estimate of drug-likeness (QED) is 0.627. The van der Waals surface area contributed by atoms with Crippen molar-refractivity contribution in [3.8, 4) is 0 Å². The largest absolute Gasteiger partial charge is 0.242 e. The summed E-state index contributed by atoms with van der Waals surface area (Å²) >= 11 is 5.70. The van der Waals surface area contributed by atoms with Gasteiger partial charge in [-0.15, -0.1) is 23.5 Å². The van der Waals surface area contributed by atoms with Gasteiger partial charge in [0.1, 0.15) is 4.71 Å². The van der Waals surface area contributed by atoms with E-state index in [0.29, 0.717) is 4.71 Å². The molecule has 0 saturated carbocycles. The lowest BCUT2D eigenvalue weighted by Crippen LogP contribution is -2.10. The molecule has 1 aliphatic rings. The second-order valence-corrected chi connectivity index (χ2v) is 4.76. The standard InChI is InChI=1S/C4H9NS3/c1-6-5-4-7-2-3-8-4/h4-5H,2-3H2,1H3. The lowest BCUT2D eigenvalue weighted by Gasteiger charge is -2.04. The fourth-order valence-corrected chi connectivity index (χ4v) is 4.00. The molecule has 0 bridgehead atoms. The van der Waals surface area contributed by atoms with Gasteiger partial charge in [0.15, 0.2) is 0 Å². The summed E-state index contributed by atoms with van der Waals surface area (Å²) in [6.45, 7) is 0. The van der Waals surface area contributed by atoms with Crippen molar-refractivity contribution in [1.82, 2.24) is 4.72 Å². The van der Waals surface area contributed by atoms with E-state index in [2.05, 4.69) is 11.0 Å². The van der Waals surface area contributed by atoms with Gasteiger partial charge >= 0.3 is 0 Å². The second-order valence-electron chi connectivity index (χ2n) is 1.40. The third kappa shape index (κ3) is 2.09. The van der Waals surface area contributed by atoms with Crippen LogP contribution < -0.4 is 4.72 Å². The average Bonchev–Trinajstić information content (AvgIpc) is 2.19. The summed E-state index contributed by atoms with van der Waals surface area (Å²) in [6.07, 6.45) is 2.07. The van der Waals surface area contributed by atoms with Crippen LogP contribution in [0.3, 0.4) is 0 Å². The molecule has 0 aromatic carbocycles. The lowest BCUT2D eigenvalue weighted by atomic mass is 11.0. The Hall–Kier alpha value is 1.01. The van der Waals surface area contributed by atoms with Crippen LogP contribution in [0.2, 0.25) is 0 Å². The van der Waals surface area contributed by atoms with E-state index in [1.165, 1.54) is 11.5 Å². The van der Waals surface area contributed by atoms with Crippen LogP contribution in [0.1, 0.15) is 0 Å². The normalized spacial score (nSPS) is 22.1. The highest BCUT2D eigenvalue weighted by Crippen LogP contribution is 2.30. The van der Waals surface area contributed by atoms with Crippen LogP contribution in [0.4, 0.5) is 0 Å². The minimum absolute atomic E-state index is 0.657. The summed E-state index contributed by atoms with van der Waals surface area (Å²) in [7, 11) is 0. The number of hydrogen-bond donors (Lipinski definition) is 1. The van der Waals surface area contributed by atoms with Crippen LogP contribution in [-0.4, -0.2) is 22.5 Å². The topological polar surface area (TPSA) is 12.0 Å². The van der Waals surface area contributed by atoms with Crippen molar-refractivity contribution in [2.75, 3.05) is 17.8 Å². The summed E-state index contributed by atoms with van der Waals surface area (Å²) in [5.74, 6) is 2.62. The molecule has 1 aliphatic heterocycles. The van der Waals surface area contributed by atoms with Crippen LogP contribution >= 0.6 is 35.5 Å². The van der Waals surface area contributed by atoms with Gasteiger partial charge in [-0.25, -0.2) is 4.72 Å². The fraction of sp³-hybridized carbons (Fsp3) is 1.00. The highest BCUT2D eigenvalue weighted by Gasteiger charge is 2.13. The van der Waals surface area contributed by atoms with Gasteiger partial charge in [-0.3, -0.25) is 0 Å². The van der Waals surface area contributed by atoms with Crippen molar-refractivity contribution < 1.29 is 0 Å². The Balaban J connectivity index is 2.06. The van der Waals surface area contributed by atoms with Gasteiger partial charge in [0, 0.05) is 11.5 Å². The Bertz CT molecular complexity index is 62.3.